The molecule has 2 bridgehead atoms. The predicted octanol–water partition coefficient (Wildman–Crippen LogP) is 4.07. The molecular formula is C31H36F3N5O4. The van der Waals surface area contributed by atoms with Crippen molar-refractivity contribution in [2.75, 3.05) is 26.2 Å². The molecule has 3 aromatic rings. The zero-order valence-electron chi connectivity index (χ0n) is 24.2. The Morgan fingerprint density at radius 2 is 1.91 bits per heavy atom. The minimum absolute atomic E-state index is 0.0611. The molecule has 3 amide bonds. The van der Waals surface area contributed by atoms with E-state index in [1.54, 1.807) is 12.3 Å². The average Bonchev–Trinajstić information content (AvgIpc) is 3.42. The summed E-state index contributed by atoms with van der Waals surface area (Å²) in [5.41, 5.74) is -0.255. The number of amides is 3. The Bertz CT molecular complexity index is 1420. The molecule has 0 saturated carbocycles. The monoisotopic (exact) mass is 599 g/mol. The fourth-order valence-electron chi connectivity index (χ4n) is 4.98. The van der Waals surface area contributed by atoms with E-state index in [2.05, 4.69) is 15.6 Å². The highest BCUT2D eigenvalue weighted by Gasteiger charge is 2.34. The Labute approximate surface area is 248 Å². The molecule has 0 fully saturated rings. The number of hydrogen-bond donors (Lipinski definition) is 2. The second kappa shape index (κ2) is 14.2. The lowest BCUT2D eigenvalue weighted by Crippen LogP contribution is -2.51. The molecule has 12 heteroatoms. The summed E-state index contributed by atoms with van der Waals surface area (Å²) in [6.07, 6.45) is -0.990. The lowest BCUT2D eigenvalue weighted by molar-refractivity contribution is -0.139. The van der Waals surface area contributed by atoms with E-state index in [0.29, 0.717) is 31.0 Å². The number of halogens is 3. The standard InChI is InChI=1S/C31H36F3N5O4/c1-21(2)17-26-30(42)36-12-15-38-14-11-35-29(38)23-8-5-9-24(18-23)43-16-6-13-39(20-27(40)37-26)28(41)19-22-7-3-4-10-25(22)31(32,33)34/h3-5,7-11,14,18,21,26H,6,12-13,15-17,19-20H2,1-2H3,(H,36,42)(H,37,40)/t26-/m1/s1. The molecule has 1 aromatic heterocycles. The molecule has 0 saturated heterocycles. The number of hydrogen-bond acceptors (Lipinski definition) is 5. The number of carbonyl (C=O) groups is 3. The summed E-state index contributed by atoms with van der Waals surface area (Å²) in [6.45, 7) is 4.41. The van der Waals surface area contributed by atoms with E-state index < -0.39 is 42.6 Å². The largest absolute Gasteiger partial charge is 0.494 e. The first kappa shape index (κ1) is 31.6. The highest BCUT2D eigenvalue weighted by molar-refractivity contribution is 5.90. The van der Waals surface area contributed by atoms with Crippen LogP contribution in [0, 0.1) is 5.92 Å². The van der Waals surface area contributed by atoms with Gasteiger partial charge in [-0.05, 0) is 42.5 Å². The normalized spacial score (nSPS) is 17.3. The topological polar surface area (TPSA) is 106 Å². The van der Waals surface area contributed by atoms with Gasteiger partial charge in [0.1, 0.15) is 17.6 Å². The summed E-state index contributed by atoms with van der Waals surface area (Å²) in [5, 5.41) is 5.60. The molecule has 1 atom stereocenters. The van der Waals surface area contributed by atoms with Crippen molar-refractivity contribution in [1.82, 2.24) is 25.1 Å². The Kier molecular flexibility index (Phi) is 10.4. The van der Waals surface area contributed by atoms with E-state index in [-0.39, 0.29) is 37.1 Å². The third kappa shape index (κ3) is 8.82. The summed E-state index contributed by atoms with van der Waals surface area (Å²) in [6, 6.07) is 11.4. The smallest absolute Gasteiger partial charge is 0.416 e. The molecule has 4 rings (SSSR count). The zero-order chi connectivity index (χ0) is 31.0. The van der Waals surface area contributed by atoms with Crippen LogP contribution in [0.15, 0.2) is 60.9 Å². The highest BCUT2D eigenvalue weighted by atomic mass is 19.4. The van der Waals surface area contributed by atoms with E-state index in [4.69, 9.17) is 4.74 Å². The van der Waals surface area contributed by atoms with Crippen LogP contribution in [-0.2, 0) is 33.5 Å². The lowest BCUT2D eigenvalue weighted by atomic mass is 10.0. The Morgan fingerprint density at radius 3 is 2.67 bits per heavy atom. The van der Waals surface area contributed by atoms with Gasteiger partial charge in [-0.15, -0.1) is 0 Å². The summed E-state index contributed by atoms with van der Waals surface area (Å²) in [7, 11) is 0. The number of aromatic nitrogens is 2. The van der Waals surface area contributed by atoms with Crippen molar-refractivity contribution in [3.8, 4) is 17.1 Å². The molecule has 2 heterocycles. The number of rotatable bonds is 4. The van der Waals surface area contributed by atoms with Crippen molar-refractivity contribution >= 4 is 17.7 Å². The zero-order valence-corrected chi connectivity index (χ0v) is 24.2. The molecule has 2 N–H and O–H groups in total. The van der Waals surface area contributed by atoms with Crippen LogP contribution in [0.4, 0.5) is 13.2 Å². The number of benzene rings is 2. The Morgan fingerprint density at radius 1 is 1.12 bits per heavy atom. The van der Waals surface area contributed by atoms with E-state index in [9.17, 15) is 27.6 Å². The van der Waals surface area contributed by atoms with Gasteiger partial charge in [-0.1, -0.05) is 44.2 Å². The average molecular weight is 600 g/mol. The fourth-order valence-corrected chi connectivity index (χ4v) is 4.98. The van der Waals surface area contributed by atoms with Crippen LogP contribution in [0.25, 0.3) is 11.4 Å². The van der Waals surface area contributed by atoms with Crippen molar-refractivity contribution < 1.29 is 32.3 Å². The summed E-state index contributed by atoms with van der Waals surface area (Å²) in [4.78, 5) is 45.3. The van der Waals surface area contributed by atoms with Gasteiger partial charge in [0, 0.05) is 37.6 Å². The van der Waals surface area contributed by atoms with E-state index in [1.807, 2.05) is 42.8 Å². The van der Waals surface area contributed by atoms with Gasteiger partial charge in [0.25, 0.3) is 0 Å². The van der Waals surface area contributed by atoms with Gasteiger partial charge in [0.05, 0.1) is 25.1 Å². The van der Waals surface area contributed by atoms with Crippen LogP contribution in [0.1, 0.15) is 37.8 Å². The summed E-state index contributed by atoms with van der Waals surface area (Å²) >= 11 is 0. The number of carbonyl (C=O) groups excluding carboxylic acids is 3. The number of nitrogens with one attached hydrogen (secondary N) is 2. The van der Waals surface area contributed by atoms with Crippen LogP contribution in [0.3, 0.4) is 0 Å². The molecule has 230 valence electrons. The molecular weight excluding hydrogens is 563 g/mol. The van der Waals surface area contributed by atoms with Gasteiger partial charge < -0.3 is 24.8 Å². The molecule has 0 spiro atoms. The molecule has 0 aliphatic carbocycles. The first-order valence-electron chi connectivity index (χ1n) is 14.3. The minimum atomic E-state index is -4.63. The van der Waals surface area contributed by atoms with Gasteiger partial charge in [0.2, 0.25) is 17.7 Å². The number of imidazole rings is 1. The molecule has 43 heavy (non-hydrogen) atoms. The number of ether oxygens (including phenoxy) is 1. The second-order valence-electron chi connectivity index (χ2n) is 10.9. The summed E-state index contributed by atoms with van der Waals surface area (Å²) < 4.78 is 48.6. The lowest BCUT2D eigenvalue weighted by Gasteiger charge is -2.26. The van der Waals surface area contributed by atoms with Crippen molar-refractivity contribution in [2.24, 2.45) is 5.92 Å². The van der Waals surface area contributed by atoms with Gasteiger partial charge in [-0.25, -0.2) is 4.98 Å². The quantitative estimate of drug-likeness (QED) is 0.471. The maximum atomic E-state index is 13.6. The Hall–Kier alpha value is -4.35. The third-order valence-electron chi connectivity index (χ3n) is 7.01. The Balaban J connectivity index is 1.58. The van der Waals surface area contributed by atoms with Crippen molar-refractivity contribution in [3.63, 3.8) is 0 Å². The van der Waals surface area contributed by atoms with Crippen molar-refractivity contribution in [1.29, 1.82) is 0 Å². The number of alkyl halides is 3. The molecule has 1 aliphatic heterocycles. The van der Waals surface area contributed by atoms with E-state index >= 15 is 0 Å². The van der Waals surface area contributed by atoms with Crippen LogP contribution < -0.4 is 15.4 Å². The molecule has 9 nitrogen and oxygen atoms in total. The predicted molar refractivity (Wildman–Crippen MR) is 154 cm³/mol. The number of nitrogens with zero attached hydrogens (tertiary/aromatic N) is 3. The van der Waals surface area contributed by atoms with Gasteiger partial charge in [-0.3, -0.25) is 14.4 Å². The maximum absolute atomic E-state index is 13.6. The van der Waals surface area contributed by atoms with E-state index in [0.717, 1.165) is 11.6 Å². The number of fused-ring (bicyclic) bond motifs is 4. The molecule has 0 radical (unpaired) electrons. The van der Waals surface area contributed by atoms with Crippen LogP contribution in [0.2, 0.25) is 0 Å². The van der Waals surface area contributed by atoms with Crippen molar-refractivity contribution in [3.05, 3.63) is 72.1 Å². The molecule has 2 aromatic carbocycles. The summed E-state index contributed by atoms with van der Waals surface area (Å²) in [5.74, 6) is -0.228. The fraction of sp³-hybridized carbons (Fsp3) is 0.419. The maximum Gasteiger partial charge on any atom is 0.416 e. The van der Waals surface area contributed by atoms with Crippen molar-refractivity contribution in [2.45, 2.75) is 51.9 Å². The minimum Gasteiger partial charge on any atom is -0.494 e. The van der Waals surface area contributed by atoms with Gasteiger partial charge in [-0.2, -0.15) is 13.2 Å². The highest BCUT2D eigenvalue weighted by Crippen LogP contribution is 2.32. The second-order valence-corrected chi connectivity index (χ2v) is 10.9. The SMILES string of the molecule is CC(C)C[C@H]1NC(=O)CN(C(=O)Cc2ccccc2C(F)(F)F)CCCOc2cccc(c2)-c2nccn2CCNC1=O. The first-order chi connectivity index (χ1) is 20.5. The third-order valence-corrected chi connectivity index (χ3v) is 7.01. The van der Waals surface area contributed by atoms with E-state index in [1.165, 1.54) is 23.1 Å². The van der Waals surface area contributed by atoms with Gasteiger partial charge in [0.15, 0.2) is 0 Å². The van der Waals surface area contributed by atoms with Crippen LogP contribution in [0.5, 0.6) is 5.75 Å². The first-order valence-corrected chi connectivity index (χ1v) is 14.3. The van der Waals surface area contributed by atoms with Gasteiger partial charge >= 0.3 is 6.18 Å². The van der Waals surface area contributed by atoms with Crippen LogP contribution >= 0.6 is 0 Å². The van der Waals surface area contributed by atoms with Crippen LogP contribution in [-0.4, -0.2) is 64.5 Å². The molecule has 1 aliphatic rings. The molecule has 0 unspecified atom stereocenters.